The zero-order valence-corrected chi connectivity index (χ0v) is 17.3. The van der Waals surface area contributed by atoms with Crippen molar-refractivity contribution in [1.29, 1.82) is 0 Å². The maximum Gasteiger partial charge on any atom is 0.340 e. The smallest absolute Gasteiger partial charge is 0.340 e. The van der Waals surface area contributed by atoms with Crippen molar-refractivity contribution in [3.63, 3.8) is 0 Å². The van der Waals surface area contributed by atoms with Crippen molar-refractivity contribution < 1.29 is 34.8 Å². The Morgan fingerprint density at radius 1 is 1.07 bits per heavy atom. The molecule has 30 heavy (non-hydrogen) atoms. The molecule has 1 aliphatic heterocycles. The van der Waals surface area contributed by atoms with Crippen LogP contribution in [0.2, 0.25) is 0 Å². The number of halogens is 2. The molecule has 6 N–H and O–H groups in total. The first-order chi connectivity index (χ1) is 14.2. The maximum absolute atomic E-state index is 11.3. The molecule has 0 aromatic rings. The molecule has 1 saturated heterocycles. The Balaban J connectivity index is 0.000000612. The minimum atomic E-state index is -1.63. The average molecular weight is 479 g/mol. The van der Waals surface area contributed by atoms with Crippen molar-refractivity contribution in [1.82, 2.24) is 20.7 Å². The standard InChI is InChI=1S/C8H15N3O7.C5H9Cl2N3O2/c1-11(10-17)8(16)9-4-6(14)5(13)3(2-12)18-7(4)15;6-1-3-8-5(11)10(9-12)4-2-7/h3-7,12-15H,2H2,1H3,(H,9,16);1-4H2,(H,8,11)/t3-,4-,5-,6-,7+;/m1./s1. The Kier molecular flexibility index (Phi) is 14.1. The number of aliphatic hydroxyl groups excluding tert-OH is 4. The highest BCUT2D eigenvalue weighted by molar-refractivity contribution is 6.18. The van der Waals surface area contributed by atoms with Gasteiger partial charge in [0, 0.05) is 25.4 Å². The first-order valence-corrected chi connectivity index (χ1v) is 9.43. The largest absolute Gasteiger partial charge is 0.394 e. The number of carbonyl (C=O) groups is 2. The van der Waals surface area contributed by atoms with Gasteiger partial charge < -0.3 is 35.8 Å². The molecule has 1 rings (SSSR count). The highest BCUT2D eigenvalue weighted by atomic mass is 35.5. The Morgan fingerprint density at radius 2 is 1.70 bits per heavy atom. The SMILES string of the molecule is CN(N=O)C(=O)N[C@@H]1[C@@H](O)[C@H](O)[C@@H](CO)O[C@@H]1O.O=NN(CCCl)C(=O)NCCCl. The molecule has 4 amide bonds. The van der Waals surface area contributed by atoms with Crippen molar-refractivity contribution >= 4 is 35.3 Å². The number of carbonyl (C=O) groups excluding carboxylic acids is 2. The van der Waals surface area contributed by atoms with E-state index in [1.165, 1.54) is 0 Å². The molecule has 15 nitrogen and oxygen atoms in total. The predicted molar refractivity (Wildman–Crippen MR) is 103 cm³/mol. The molecular weight excluding hydrogens is 455 g/mol. The maximum atomic E-state index is 11.3. The van der Waals surface area contributed by atoms with Crippen LogP contribution in [0.5, 0.6) is 0 Å². The molecule has 0 unspecified atom stereocenters. The van der Waals surface area contributed by atoms with E-state index >= 15 is 0 Å². The molecule has 1 heterocycles. The Labute approximate surface area is 180 Å². The summed E-state index contributed by atoms with van der Waals surface area (Å²) >= 11 is 10.6. The van der Waals surface area contributed by atoms with Crippen LogP contribution in [-0.4, -0.2) is 112 Å². The highest BCUT2D eigenvalue weighted by Gasteiger charge is 2.44. The Hall–Kier alpha value is -1.88. The predicted octanol–water partition coefficient (Wildman–Crippen LogP) is -1.73. The number of ether oxygens (including phenoxy) is 1. The van der Waals surface area contributed by atoms with Gasteiger partial charge in [0.15, 0.2) is 6.29 Å². The van der Waals surface area contributed by atoms with Gasteiger partial charge in [-0.25, -0.2) is 9.59 Å². The van der Waals surface area contributed by atoms with Gasteiger partial charge in [0.2, 0.25) is 0 Å². The van der Waals surface area contributed by atoms with Gasteiger partial charge in [-0.1, -0.05) is 0 Å². The van der Waals surface area contributed by atoms with E-state index in [0.717, 1.165) is 7.05 Å². The number of rotatable bonds is 8. The van der Waals surface area contributed by atoms with E-state index in [1.54, 1.807) is 0 Å². The van der Waals surface area contributed by atoms with Gasteiger partial charge >= 0.3 is 12.1 Å². The highest BCUT2D eigenvalue weighted by Crippen LogP contribution is 2.19. The van der Waals surface area contributed by atoms with E-state index in [4.69, 9.17) is 33.0 Å². The molecule has 0 aromatic heterocycles. The molecule has 0 aliphatic carbocycles. The van der Waals surface area contributed by atoms with Crippen LogP contribution >= 0.6 is 23.2 Å². The fourth-order valence-electron chi connectivity index (χ4n) is 2.03. The summed E-state index contributed by atoms with van der Waals surface area (Å²) in [6.45, 7) is -0.209. The van der Waals surface area contributed by atoms with Crippen molar-refractivity contribution in [2.45, 2.75) is 30.6 Å². The van der Waals surface area contributed by atoms with Gasteiger partial charge in [-0.05, 0) is 0 Å². The van der Waals surface area contributed by atoms with Crippen molar-refractivity contribution in [3.8, 4) is 0 Å². The van der Waals surface area contributed by atoms with Crippen LogP contribution in [0, 0.1) is 9.81 Å². The second-order valence-electron chi connectivity index (χ2n) is 5.62. The van der Waals surface area contributed by atoms with E-state index in [2.05, 4.69) is 21.2 Å². The summed E-state index contributed by atoms with van der Waals surface area (Å²) in [6, 6.07) is -2.91. The first-order valence-electron chi connectivity index (χ1n) is 8.36. The van der Waals surface area contributed by atoms with Crippen LogP contribution in [0.4, 0.5) is 9.59 Å². The molecule has 5 atom stereocenters. The van der Waals surface area contributed by atoms with E-state index in [-0.39, 0.29) is 12.4 Å². The lowest BCUT2D eigenvalue weighted by Crippen LogP contribution is -2.64. The Morgan fingerprint density at radius 3 is 2.17 bits per heavy atom. The summed E-state index contributed by atoms with van der Waals surface area (Å²) < 4.78 is 4.80. The van der Waals surface area contributed by atoms with Gasteiger partial charge in [0.1, 0.15) is 24.4 Å². The molecule has 0 spiro atoms. The first kappa shape index (κ1) is 28.1. The van der Waals surface area contributed by atoms with Crippen molar-refractivity contribution in [2.75, 3.05) is 38.5 Å². The number of alkyl halides is 2. The van der Waals surface area contributed by atoms with E-state index < -0.39 is 49.3 Å². The zero-order chi connectivity index (χ0) is 23.3. The number of amides is 4. The molecule has 1 fully saturated rings. The second kappa shape index (κ2) is 15.0. The molecule has 0 aromatic carbocycles. The summed E-state index contributed by atoms with van der Waals surface area (Å²) in [5.41, 5.74) is 0. The molecule has 0 bridgehead atoms. The van der Waals surface area contributed by atoms with Crippen LogP contribution in [0.15, 0.2) is 10.6 Å². The third-order valence-electron chi connectivity index (χ3n) is 3.61. The van der Waals surface area contributed by atoms with Gasteiger partial charge in [-0.2, -0.15) is 10.0 Å². The van der Waals surface area contributed by atoms with Crippen LogP contribution in [0.25, 0.3) is 0 Å². The van der Waals surface area contributed by atoms with Crippen molar-refractivity contribution in [2.24, 2.45) is 10.6 Å². The summed E-state index contributed by atoms with van der Waals surface area (Å²) in [5.74, 6) is 0.458. The number of nitrogens with zero attached hydrogens (tertiary/aromatic N) is 4. The number of aliphatic hydroxyl groups is 4. The monoisotopic (exact) mass is 478 g/mol. The average Bonchev–Trinajstić information content (AvgIpc) is 2.75. The lowest BCUT2D eigenvalue weighted by atomic mass is 9.97. The Bertz CT molecular complexity index is 563. The van der Waals surface area contributed by atoms with E-state index in [1.807, 2.05) is 0 Å². The summed E-state index contributed by atoms with van der Waals surface area (Å²) in [4.78, 5) is 42.3. The normalized spacial score (nSPS) is 25.2. The van der Waals surface area contributed by atoms with Crippen LogP contribution < -0.4 is 10.6 Å². The number of urea groups is 2. The molecular formula is C13H24Cl2N6O9. The fourth-order valence-corrected chi connectivity index (χ4v) is 2.29. The molecule has 0 saturated carbocycles. The summed E-state index contributed by atoms with van der Waals surface area (Å²) in [7, 11) is 1.07. The summed E-state index contributed by atoms with van der Waals surface area (Å²) in [6.07, 6.45) is -5.84. The second-order valence-corrected chi connectivity index (χ2v) is 6.38. The van der Waals surface area contributed by atoms with Gasteiger partial charge in [0.05, 0.1) is 23.7 Å². The molecule has 17 heteroatoms. The number of hydrogen-bond donors (Lipinski definition) is 6. The van der Waals surface area contributed by atoms with Gasteiger partial charge in [-0.15, -0.1) is 33.0 Å². The van der Waals surface area contributed by atoms with Crippen LogP contribution in [0.1, 0.15) is 0 Å². The lowest BCUT2D eigenvalue weighted by Gasteiger charge is -2.40. The summed E-state index contributed by atoms with van der Waals surface area (Å²) in [5, 5.41) is 47.9. The quantitative estimate of drug-likeness (QED) is 0.132. The zero-order valence-electron chi connectivity index (χ0n) is 15.8. The molecule has 1 aliphatic rings. The lowest BCUT2D eigenvalue weighted by molar-refractivity contribution is -0.252. The fraction of sp³-hybridized carbons (Fsp3) is 0.846. The molecule has 174 valence electrons. The number of nitroso groups, excluding NO2 is 2. The van der Waals surface area contributed by atoms with Crippen molar-refractivity contribution in [3.05, 3.63) is 9.81 Å². The van der Waals surface area contributed by atoms with Crippen LogP contribution in [0.3, 0.4) is 0 Å². The minimum absolute atomic E-state index is 0.0964. The van der Waals surface area contributed by atoms with Gasteiger partial charge in [0.25, 0.3) is 0 Å². The van der Waals surface area contributed by atoms with Gasteiger partial charge in [-0.3, -0.25) is 0 Å². The van der Waals surface area contributed by atoms with E-state index in [0.29, 0.717) is 22.4 Å². The van der Waals surface area contributed by atoms with Crippen LogP contribution in [-0.2, 0) is 4.74 Å². The third-order valence-corrected chi connectivity index (χ3v) is 3.96. The molecule has 0 radical (unpaired) electrons. The number of nitrogens with one attached hydrogen (secondary N) is 2. The topological polar surface area (TPSA) is 214 Å². The minimum Gasteiger partial charge on any atom is -0.394 e. The van der Waals surface area contributed by atoms with E-state index in [9.17, 15) is 34.7 Å². The number of hydrogen-bond acceptors (Lipinski definition) is 11. The third kappa shape index (κ3) is 8.86.